The van der Waals surface area contributed by atoms with Crippen molar-refractivity contribution < 1.29 is 19.1 Å². The number of fused-ring (bicyclic) bond motifs is 1. The first-order chi connectivity index (χ1) is 14.0. The molecule has 0 radical (unpaired) electrons. The Hall–Kier alpha value is -3.74. The van der Waals surface area contributed by atoms with Crippen LogP contribution in [0.3, 0.4) is 0 Å². The highest BCUT2D eigenvalue weighted by molar-refractivity contribution is 5.99. The molecule has 0 bridgehead atoms. The van der Waals surface area contributed by atoms with Crippen molar-refractivity contribution in [3.8, 4) is 0 Å². The number of aryl methyl sites for hydroxylation is 1. The maximum absolute atomic E-state index is 13.0. The molecular weight excluding hydrogens is 370 g/mol. The third kappa shape index (κ3) is 3.80. The summed E-state index contributed by atoms with van der Waals surface area (Å²) in [5.74, 6) is -0.721. The fourth-order valence-electron chi connectivity index (χ4n) is 3.33. The van der Waals surface area contributed by atoms with E-state index in [2.05, 4.69) is 10.3 Å². The van der Waals surface area contributed by atoms with Crippen molar-refractivity contribution in [2.75, 3.05) is 13.2 Å². The monoisotopic (exact) mass is 389 g/mol. The normalized spacial score (nSPS) is 14.7. The minimum atomic E-state index is -0.697. The number of nitrogens with one attached hydrogen (secondary N) is 1. The van der Waals surface area contributed by atoms with Gasteiger partial charge in [0.05, 0.1) is 18.1 Å². The van der Waals surface area contributed by atoms with E-state index >= 15 is 0 Å². The summed E-state index contributed by atoms with van der Waals surface area (Å²) in [5.41, 5.74) is 3.10. The third-order valence-corrected chi connectivity index (χ3v) is 4.93. The standard InChI is InChI=1S/C22H19N3O4/c1-14-9-10-23-18-8-7-16(11-17(14)18)21(27)24-19(15-5-3-2-4-6-15)12-25-20(26)13-29-22(25)28/h2-11,19H,12-13H2,1H3,(H,24,27). The second-order valence-corrected chi connectivity index (χ2v) is 6.86. The Balaban J connectivity index is 1.62. The smallest absolute Gasteiger partial charge is 0.417 e. The summed E-state index contributed by atoms with van der Waals surface area (Å²) in [4.78, 5) is 42.1. The van der Waals surface area contributed by atoms with Crippen LogP contribution in [0.15, 0.2) is 60.8 Å². The van der Waals surface area contributed by atoms with Gasteiger partial charge >= 0.3 is 6.09 Å². The van der Waals surface area contributed by atoms with Gasteiger partial charge in [-0.3, -0.25) is 14.6 Å². The lowest BCUT2D eigenvalue weighted by Gasteiger charge is -2.23. The number of aromatic nitrogens is 1. The lowest BCUT2D eigenvalue weighted by atomic mass is 10.0. The molecule has 146 valence electrons. The molecule has 0 saturated carbocycles. The SMILES string of the molecule is Cc1ccnc2ccc(C(=O)NC(CN3C(=O)COC3=O)c3ccccc3)cc12. The van der Waals surface area contributed by atoms with Gasteiger partial charge in [-0.2, -0.15) is 0 Å². The molecular formula is C22H19N3O4. The minimum absolute atomic E-state index is 0.00157. The second-order valence-electron chi connectivity index (χ2n) is 6.86. The molecule has 7 nitrogen and oxygen atoms in total. The molecule has 1 fully saturated rings. The maximum atomic E-state index is 13.0. The van der Waals surface area contributed by atoms with Crippen molar-refractivity contribution in [2.24, 2.45) is 0 Å². The molecule has 3 amide bonds. The molecule has 2 aromatic carbocycles. The summed E-state index contributed by atoms with van der Waals surface area (Å²) in [5, 5.41) is 3.84. The fraction of sp³-hybridized carbons (Fsp3) is 0.182. The van der Waals surface area contributed by atoms with Crippen molar-refractivity contribution >= 4 is 28.8 Å². The van der Waals surface area contributed by atoms with E-state index in [9.17, 15) is 14.4 Å². The lowest BCUT2D eigenvalue weighted by molar-refractivity contribution is -0.126. The van der Waals surface area contributed by atoms with E-state index < -0.39 is 18.0 Å². The van der Waals surface area contributed by atoms with Crippen LogP contribution in [0.5, 0.6) is 0 Å². The van der Waals surface area contributed by atoms with Gasteiger partial charge in [0, 0.05) is 17.1 Å². The number of imide groups is 1. The number of carbonyl (C=O) groups is 3. The number of amides is 3. The molecule has 4 rings (SSSR count). The van der Waals surface area contributed by atoms with Gasteiger partial charge in [0.15, 0.2) is 6.61 Å². The van der Waals surface area contributed by atoms with Gasteiger partial charge in [0.2, 0.25) is 0 Å². The van der Waals surface area contributed by atoms with Crippen LogP contribution < -0.4 is 5.32 Å². The van der Waals surface area contributed by atoms with Crippen molar-refractivity contribution in [1.82, 2.24) is 15.2 Å². The number of ether oxygens (including phenoxy) is 1. The molecule has 3 aromatic rings. The number of nitrogens with zero attached hydrogens (tertiary/aromatic N) is 2. The number of carbonyl (C=O) groups excluding carboxylic acids is 3. The van der Waals surface area contributed by atoms with Crippen molar-refractivity contribution in [3.05, 3.63) is 77.5 Å². The molecule has 1 aromatic heterocycles. The van der Waals surface area contributed by atoms with E-state index in [0.29, 0.717) is 5.56 Å². The number of cyclic esters (lactones) is 1. The number of rotatable bonds is 5. The molecule has 0 aliphatic carbocycles. The summed E-state index contributed by atoms with van der Waals surface area (Å²) >= 11 is 0. The van der Waals surface area contributed by atoms with E-state index in [-0.39, 0.29) is 19.1 Å². The minimum Gasteiger partial charge on any atom is -0.439 e. The quantitative estimate of drug-likeness (QED) is 0.725. The van der Waals surface area contributed by atoms with Gasteiger partial charge in [-0.05, 0) is 42.3 Å². The summed E-state index contributed by atoms with van der Waals surface area (Å²) in [6.07, 6.45) is 1.03. The van der Waals surface area contributed by atoms with Crippen molar-refractivity contribution in [1.29, 1.82) is 0 Å². The van der Waals surface area contributed by atoms with Gasteiger partial charge in [0.1, 0.15) is 0 Å². The average molecular weight is 389 g/mol. The van der Waals surface area contributed by atoms with E-state index in [0.717, 1.165) is 26.9 Å². The zero-order valence-electron chi connectivity index (χ0n) is 15.8. The average Bonchev–Trinajstić information content (AvgIpc) is 3.06. The van der Waals surface area contributed by atoms with Gasteiger partial charge < -0.3 is 10.1 Å². The Bertz CT molecular complexity index is 1080. The van der Waals surface area contributed by atoms with Crippen LogP contribution in [0.25, 0.3) is 10.9 Å². The molecule has 2 heterocycles. The van der Waals surface area contributed by atoms with Crippen LogP contribution in [0.1, 0.15) is 27.5 Å². The highest BCUT2D eigenvalue weighted by Crippen LogP contribution is 2.21. The fourth-order valence-corrected chi connectivity index (χ4v) is 3.33. The summed E-state index contributed by atoms with van der Waals surface area (Å²) in [6, 6.07) is 15.8. The largest absolute Gasteiger partial charge is 0.439 e. The second kappa shape index (κ2) is 7.71. The lowest BCUT2D eigenvalue weighted by Crippen LogP contribution is -2.40. The van der Waals surface area contributed by atoms with Gasteiger partial charge in [0.25, 0.3) is 11.8 Å². The molecule has 1 atom stereocenters. The Labute approximate surface area is 167 Å². The highest BCUT2D eigenvalue weighted by atomic mass is 16.6. The number of hydrogen-bond donors (Lipinski definition) is 1. The third-order valence-electron chi connectivity index (χ3n) is 4.93. The topological polar surface area (TPSA) is 88.6 Å². The van der Waals surface area contributed by atoms with Crippen molar-refractivity contribution in [2.45, 2.75) is 13.0 Å². The first-order valence-corrected chi connectivity index (χ1v) is 9.21. The molecule has 1 aliphatic rings. The molecule has 0 spiro atoms. The Kier molecular flexibility index (Phi) is 4.95. The Morgan fingerprint density at radius 1 is 1.17 bits per heavy atom. The Morgan fingerprint density at radius 3 is 2.69 bits per heavy atom. The zero-order chi connectivity index (χ0) is 20.4. The van der Waals surface area contributed by atoms with Gasteiger partial charge in [-0.25, -0.2) is 9.69 Å². The van der Waals surface area contributed by atoms with Crippen LogP contribution in [-0.2, 0) is 9.53 Å². The number of pyridine rings is 1. The molecule has 1 N–H and O–H groups in total. The first-order valence-electron chi connectivity index (χ1n) is 9.21. The molecule has 1 aliphatic heterocycles. The predicted molar refractivity (Wildman–Crippen MR) is 106 cm³/mol. The molecule has 7 heteroatoms. The molecule has 1 unspecified atom stereocenters. The summed E-state index contributed by atoms with van der Waals surface area (Å²) in [6.45, 7) is 1.69. The van der Waals surface area contributed by atoms with Crippen LogP contribution in [0, 0.1) is 6.92 Å². The zero-order valence-corrected chi connectivity index (χ0v) is 15.8. The number of benzene rings is 2. The summed E-state index contributed by atoms with van der Waals surface area (Å²) < 4.78 is 4.78. The van der Waals surface area contributed by atoms with Crippen LogP contribution in [-0.4, -0.2) is 40.9 Å². The van der Waals surface area contributed by atoms with E-state index in [1.165, 1.54) is 0 Å². The number of hydrogen-bond acceptors (Lipinski definition) is 5. The highest BCUT2D eigenvalue weighted by Gasteiger charge is 2.33. The van der Waals surface area contributed by atoms with E-state index in [1.54, 1.807) is 24.4 Å². The molecule has 29 heavy (non-hydrogen) atoms. The Morgan fingerprint density at radius 2 is 1.97 bits per heavy atom. The van der Waals surface area contributed by atoms with Crippen LogP contribution in [0.2, 0.25) is 0 Å². The maximum Gasteiger partial charge on any atom is 0.417 e. The van der Waals surface area contributed by atoms with Crippen LogP contribution >= 0.6 is 0 Å². The molecule has 1 saturated heterocycles. The van der Waals surface area contributed by atoms with E-state index in [1.807, 2.05) is 43.3 Å². The van der Waals surface area contributed by atoms with Gasteiger partial charge in [-0.1, -0.05) is 30.3 Å². The van der Waals surface area contributed by atoms with Gasteiger partial charge in [-0.15, -0.1) is 0 Å². The van der Waals surface area contributed by atoms with Crippen LogP contribution in [0.4, 0.5) is 4.79 Å². The first kappa shape index (κ1) is 18.6. The predicted octanol–water partition coefficient (Wildman–Crippen LogP) is 2.99. The van der Waals surface area contributed by atoms with E-state index in [4.69, 9.17) is 4.74 Å². The van der Waals surface area contributed by atoms with Crippen molar-refractivity contribution in [3.63, 3.8) is 0 Å². The summed E-state index contributed by atoms with van der Waals surface area (Å²) in [7, 11) is 0.